The van der Waals surface area contributed by atoms with E-state index in [0.29, 0.717) is 11.6 Å². The summed E-state index contributed by atoms with van der Waals surface area (Å²) in [6, 6.07) is 7.58. The fourth-order valence-electron chi connectivity index (χ4n) is 4.42. The Bertz CT molecular complexity index is 1140. The molecule has 0 aliphatic heterocycles. The zero-order valence-corrected chi connectivity index (χ0v) is 17.6. The second-order valence-corrected chi connectivity index (χ2v) is 8.38. The largest absolute Gasteiger partial charge is 0.508 e. The summed E-state index contributed by atoms with van der Waals surface area (Å²) in [4.78, 5) is 21.1. The molecule has 166 valence electrons. The number of halogens is 2. The highest BCUT2D eigenvalue weighted by molar-refractivity contribution is 6.03. The molecule has 1 fully saturated rings. The van der Waals surface area contributed by atoms with Gasteiger partial charge in [0.05, 0.1) is 11.9 Å². The van der Waals surface area contributed by atoms with Gasteiger partial charge in [-0.05, 0) is 67.0 Å². The average molecular weight is 438 g/mol. The molecule has 8 heteroatoms. The predicted molar refractivity (Wildman–Crippen MR) is 117 cm³/mol. The minimum atomic E-state index is -0.841. The molecule has 0 radical (unpaired) electrons. The quantitative estimate of drug-likeness (QED) is 0.552. The third-order valence-corrected chi connectivity index (χ3v) is 5.81. The molecule has 1 amide bonds. The number of aromatic nitrogens is 2. The van der Waals surface area contributed by atoms with E-state index in [1.54, 1.807) is 12.4 Å². The van der Waals surface area contributed by atoms with Gasteiger partial charge in [-0.2, -0.15) is 0 Å². The van der Waals surface area contributed by atoms with Crippen molar-refractivity contribution in [3.8, 4) is 17.0 Å². The third-order valence-electron chi connectivity index (χ3n) is 5.81. The van der Waals surface area contributed by atoms with Crippen LogP contribution in [0.5, 0.6) is 5.75 Å². The first-order valence-electron chi connectivity index (χ1n) is 10.5. The summed E-state index contributed by atoms with van der Waals surface area (Å²) in [5.41, 5.74) is 7.17. The molecule has 6 nitrogen and oxygen atoms in total. The van der Waals surface area contributed by atoms with Crippen molar-refractivity contribution < 1.29 is 18.7 Å². The smallest absolute Gasteiger partial charge is 0.274 e. The van der Waals surface area contributed by atoms with Crippen molar-refractivity contribution in [1.82, 2.24) is 9.97 Å². The van der Waals surface area contributed by atoms with Crippen LogP contribution in [0.2, 0.25) is 0 Å². The molecule has 2 aromatic heterocycles. The highest BCUT2D eigenvalue weighted by atomic mass is 19.1. The van der Waals surface area contributed by atoms with Crippen molar-refractivity contribution >= 4 is 11.6 Å². The van der Waals surface area contributed by atoms with Crippen molar-refractivity contribution in [1.29, 1.82) is 0 Å². The topological polar surface area (TPSA) is 101 Å². The van der Waals surface area contributed by atoms with Gasteiger partial charge in [-0.1, -0.05) is 6.92 Å². The maximum atomic E-state index is 14.4. The number of carbonyl (C=O) groups excluding carboxylic acids is 1. The van der Waals surface area contributed by atoms with Gasteiger partial charge >= 0.3 is 0 Å². The fourth-order valence-corrected chi connectivity index (χ4v) is 4.42. The number of phenolic OH excluding ortho intramolecular Hbond substituents is 1. The minimum absolute atomic E-state index is 0.0719. The monoisotopic (exact) mass is 438 g/mol. The molecule has 1 aliphatic carbocycles. The highest BCUT2D eigenvalue weighted by Crippen LogP contribution is 2.38. The van der Waals surface area contributed by atoms with Crippen molar-refractivity contribution in [2.75, 3.05) is 5.32 Å². The van der Waals surface area contributed by atoms with Crippen LogP contribution >= 0.6 is 0 Å². The van der Waals surface area contributed by atoms with Crippen molar-refractivity contribution in [2.45, 2.75) is 38.1 Å². The van der Waals surface area contributed by atoms with Gasteiger partial charge in [0.1, 0.15) is 28.8 Å². The van der Waals surface area contributed by atoms with Crippen molar-refractivity contribution in [3.05, 3.63) is 71.7 Å². The van der Waals surface area contributed by atoms with Gasteiger partial charge in [0.15, 0.2) is 0 Å². The Labute approximate surface area is 184 Å². The van der Waals surface area contributed by atoms with Crippen LogP contribution in [0.1, 0.15) is 48.2 Å². The van der Waals surface area contributed by atoms with Crippen LogP contribution in [-0.4, -0.2) is 27.0 Å². The van der Waals surface area contributed by atoms with Gasteiger partial charge in [-0.15, -0.1) is 0 Å². The minimum Gasteiger partial charge on any atom is -0.508 e. The lowest BCUT2D eigenvalue weighted by Gasteiger charge is -2.32. The van der Waals surface area contributed by atoms with E-state index in [9.17, 15) is 18.7 Å². The molecule has 32 heavy (non-hydrogen) atoms. The molecule has 0 spiro atoms. The highest BCUT2D eigenvalue weighted by Gasteiger charge is 2.27. The van der Waals surface area contributed by atoms with Crippen LogP contribution in [0, 0.1) is 17.6 Å². The number of rotatable bonds is 4. The van der Waals surface area contributed by atoms with Crippen molar-refractivity contribution in [3.63, 3.8) is 0 Å². The zero-order chi connectivity index (χ0) is 22.8. The Morgan fingerprint density at radius 3 is 2.69 bits per heavy atom. The van der Waals surface area contributed by atoms with E-state index in [0.717, 1.165) is 37.0 Å². The number of aromatic hydroxyl groups is 1. The molecule has 1 saturated carbocycles. The maximum Gasteiger partial charge on any atom is 0.274 e. The molecule has 3 aromatic rings. The van der Waals surface area contributed by atoms with Crippen LogP contribution in [0.25, 0.3) is 11.3 Å². The second-order valence-electron chi connectivity index (χ2n) is 8.38. The van der Waals surface area contributed by atoms with Gasteiger partial charge < -0.3 is 16.2 Å². The first-order valence-corrected chi connectivity index (χ1v) is 10.5. The molecular formula is C24H24F2N4O2. The van der Waals surface area contributed by atoms with Crippen LogP contribution in [0.3, 0.4) is 0 Å². The van der Waals surface area contributed by atoms with Gasteiger partial charge in [0.25, 0.3) is 5.91 Å². The number of benzene rings is 1. The van der Waals surface area contributed by atoms with Crippen LogP contribution in [0.15, 0.2) is 48.8 Å². The second kappa shape index (κ2) is 9.00. The zero-order valence-electron chi connectivity index (χ0n) is 17.6. The van der Waals surface area contributed by atoms with E-state index in [4.69, 9.17) is 5.73 Å². The average Bonchev–Trinajstić information content (AvgIpc) is 2.74. The first kappa shape index (κ1) is 21.8. The number of pyridine rings is 2. The standard InChI is InChI=1S/C24H24F2N4O2/c1-13-8-14(10-15(27)9-13)17-6-7-28-12-22(17)30-24(32)21-5-4-19(25)23(29-21)18-3-2-16(31)11-20(18)26/h2-7,11-15,31H,8-10,27H2,1H3,(H,30,32)/t13-,14+,15+/m0/s1. The van der Waals surface area contributed by atoms with Crippen LogP contribution in [0.4, 0.5) is 14.5 Å². The normalized spacial score (nSPS) is 20.7. The lowest BCUT2D eigenvalue weighted by molar-refractivity contribution is 0.102. The molecule has 1 aliphatic rings. The summed E-state index contributed by atoms with van der Waals surface area (Å²) < 4.78 is 28.6. The number of amides is 1. The summed E-state index contributed by atoms with van der Waals surface area (Å²) in [7, 11) is 0. The van der Waals surface area contributed by atoms with Crippen LogP contribution in [-0.2, 0) is 0 Å². The Balaban J connectivity index is 1.62. The number of nitrogens with two attached hydrogens (primary N) is 1. The first-order chi connectivity index (χ1) is 15.3. The Morgan fingerprint density at radius 2 is 1.94 bits per heavy atom. The molecule has 0 saturated heterocycles. The van der Waals surface area contributed by atoms with E-state index in [1.165, 1.54) is 18.2 Å². The Hall–Kier alpha value is -3.39. The third kappa shape index (κ3) is 4.60. The van der Waals surface area contributed by atoms with Gasteiger partial charge in [-0.25, -0.2) is 13.8 Å². The summed E-state index contributed by atoms with van der Waals surface area (Å²) in [6.07, 6.45) is 6.00. The Kier molecular flexibility index (Phi) is 6.14. The molecule has 1 aromatic carbocycles. The number of hydrogen-bond donors (Lipinski definition) is 3. The number of anilines is 1. The van der Waals surface area contributed by atoms with E-state index < -0.39 is 17.5 Å². The van der Waals surface area contributed by atoms with Crippen LogP contribution < -0.4 is 11.1 Å². The number of nitrogens with zero attached hydrogens (tertiary/aromatic N) is 2. The van der Waals surface area contributed by atoms with Crippen molar-refractivity contribution in [2.24, 2.45) is 11.7 Å². The number of phenols is 1. The van der Waals surface area contributed by atoms with E-state index in [2.05, 4.69) is 22.2 Å². The summed E-state index contributed by atoms with van der Waals surface area (Å²) in [5.74, 6) is -1.81. The number of nitrogens with one attached hydrogen (secondary N) is 1. The van der Waals surface area contributed by atoms with E-state index in [1.807, 2.05) is 6.07 Å². The summed E-state index contributed by atoms with van der Waals surface area (Å²) in [6.45, 7) is 2.16. The number of hydrogen-bond acceptors (Lipinski definition) is 5. The lowest BCUT2D eigenvalue weighted by atomic mass is 9.76. The molecule has 2 heterocycles. The maximum absolute atomic E-state index is 14.4. The molecule has 4 rings (SSSR count). The fraction of sp³-hybridized carbons (Fsp3) is 0.292. The Morgan fingerprint density at radius 1 is 1.12 bits per heavy atom. The van der Waals surface area contributed by atoms with Gasteiger partial charge in [0, 0.05) is 23.9 Å². The predicted octanol–water partition coefficient (Wildman–Crippen LogP) is 4.61. The molecule has 0 bridgehead atoms. The molecular weight excluding hydrogens is 414 g/mol. The molecule has 4 N–H and O–H groups in total. The molecule has 3 atom stereocenters. The van der Waals surface area contributed by atoms with E-state index >= 15 is 0 Å². The summed E-state index contributed by atoms with van der Waals surface area (Å²) >= 11 is 0. The van der Waals surface area contributed by atoms with E-state index in [-0.39, 0.29) is 34.7 Å². The number of carbonyl (C=O) groups is 1. The van der Waals surface area contributed by atoms with Gasteiger partial charge in [0.2, 0.25) is 0 Å². The summed E-state index contributed by atoms with van der Waals surface area (Å²) in [5, 5.41) is 12.2. The van der Waals surface area contributed by atoms with Gasteiger partial charge in [-0.3, -0.25) is 9.78 Å². The molecule has 0 unspecified atom stereocenters. The lowest BCUT2D eigenvalue weighted by Crippen LogP contribution is -2.31. The SMILES string of the molecule is C[C@@H]1C[C@@H](N)C[C@H](c2ccncc2NC(=O)c2ccc(F)c(-c3ccc(O)cc3F)n2)C1.